The van der Waals surface area contributed by atoms with E-state index in [1.807, 2.05) is 12.1 Å². The first-order valence-corrected chi connectivity index (χ1v) is 7.01. The summed E-state index contributed by atoms with van der Waals surface area (Å²) in [6.45, 7) is 2.82. The Morgan fingerprint density at radius 3 is 2.39 bits per heavy atom. The van der Waals surface area contributed by atoms with Crippen LogP contribution < -0.4 is 0 Å². The number of carbonyl (C=O) groups excluding carboxylic acids is 1. The van der Waals surface area contributed by atoms with Gasteiger partial charge >= 0.3 is 0 Å². The summed E-state index contributed by atoms with van der Waals surface area (Å²) in [4.78, 5) is 12.3. The first kappa shape index (κ1) is 11.9. The summed E-state index contributed by atoms with van der Waals surface area (Å²) < 4.78 is 5.54. The molecule has 1 aromatic rings. The number of benzene rings is 1. The van der Waals surface area contributed by atoms with E-state index in [-0.39, 0.29) is 11.9 Å². The van der Waals surface area contributed by atoms with Crippen molar-refractivity contribution in [3.05, 3.63) is 35.4 Å². The van der Waals surface area contributed by atoms with E-state index in [1.54, 1.807) is 0 Å². The van der Waals surface area contributed by atoms with Gasteiger partial charge in [-0.2, -0.15) is 0 Å². The molecule has 0 radical (unpaired) electrons. The molecular formula is C16H20O2. The van der Waals surface area contributed by atoms with Gasteiger partial charge in [0.2, 0.25) is 0 Å². The third kappa shape index (κ3) is 2.10. The Kier molecular flexibility index (Phi) is 3.21. The standard InChI is InChI=1S/C16H20O2/c1-11-9-10-18-16(11)15(17)14-7-5-13(6-8-14)12-3-2-4-12/h5-8,11-12,16H,2-4,9-10H2,1H3. The molecule has 96 valence electrons. The number of hydrogen-bond acceptors (Lipinski definition) is 2. The average Bonchev–Trinajstić information content (AvgIpc) is 2.73. The van der Waals surface area contributed by atoms with E-state index in [2.05, 4.69) is 19.1 Å². The molecule has 0 N–H and O–H groups in total. The van der Waals surface area contributed by atoms with Gasteiger partial charge in [-0.05, 0) is 36.7 Å². The number of Topliss-reactive ketones (excluding diaryl/α,β-unsaturated/α-hetero) is 1. The van der Waals surface area contributed by atoms with E-state index < -0.39 is 0 Å². The van der Waals surface area contributed by atoms with E-state index in [1.165, 1.54) is 24.8 Å². The van der Waals surface area contributed by atoms with E-state index in [0.29, 0.717) is 5.92 Å². The summed E-state index contributed by atoms with van der Waals surface area (Å²) in [5.74, 6) is 1.24. The van der Waals surface area contributed by atoms with Gasteiger partial charge in [0.1, 0.15) is 6.10 Å². The summed E-state index contributed by atoms with van der Waals surface area (Å²) in [5.41, 5.74) is 2.19. The van der Waals surface area contributed by atoms with Crippen molar-refractivity contribution in [1.82, 2.24) is 0 Å². The summed E-state index contributed by atoms with van der Waals surface area (Å²) >= 11 is 0. The van der Waals surface area contributed by atoms with Crippen molar-refractivity contribution in [2.75, 3.05) is 6.61 Å². The highest BCUT2D eigenvalue weighted by Gasteiger charge is 2.31. The first-order chi connectivity index (χ1) is 8.75. The molecule has 0 amide bonds. The quantitative estimate of drug-likeness (QED) is 0.760. The third-order valence-corrected chi connectivity index (χ3v) is 4.42. The van der Waals surface area contributed by atoms with E-state index in [9.17, 15) is 4.79 Å². The van der Waals surface area contributed by atoms with Gasteiger partial charge < -0.3 is 4.74 Å². The van der Waals surface area contributed by atoms with Crippen molar-refractivity contribution in [2.24, 2.45) is 5.92 Å². The lowest BCUT2D eigenvalue weighted by Crippen LogP contribution is -2.25. The van der Waals surface area contributed by atoms with Crippen LogP contribution in [-0.2, 0) is 4.74 Å². The molecule has 1 aromatic carbocycles. The van der Waals surface area contributed by atoms with Gasteiger partial charge in [-0.3, -0.25) is 4.79 Å². The van der Waals surface area contributed by atoms with Crippen molar-refractivity contribution >= 4 is 5.78 Å². The second-order valence-electron chi connectivity index (χ2n) is 5.67. The number of ketones is 1. The molecule has 2 heteroatoms. The average molecular weight is 244 g/mol. The van der Waals surface area contributed by atoms with Gasteiger partial charge in [-0.25, -0.2) is 0 Å². The van der Waals surface area contributed by atoms with E-state index >= 15 is 0 Å². The lowest BCUT2D eigenvalue weighted by Gasteiger charge is -2.25. The molecule has 1 heterocycles. The summed E-state index contributed by atoms with van der Waals surface area (Å²) in [6, 6.07) is 8.20. The van der Waals surface area contributed by atoms with Gasteiger partial charge in [0.15, 0.2) is 5.78 Å². The molecule has 2 aliphatic rings. The highest BCUT2D eigenvalue weighted by atomic mass is 16.5. The Morgan fingerprint density at radius 2 is 1.89 bits per heavy atom. The zero-order valence-electron chi connectivity index (χ0n) is 10.9. The van der Waals surface area contributed by atoms with Crippen LogP contribution in [0.15, 0.2) is 24.3 Å². The second-order valence-corrected chi connectivity index (χ2v) is 5.67. The smallest absolute Gasteiger partial charge is 0.191 e. The van der Waals surface area contributed by atoms with Crippen molar-refractivity contribution < 1.29 is 9.53 Å². The van der Waals surface area contributed by atoms with Crippen LogP contribution in [-0.4, -0.2) is 18.5 Å². The van der Waals surface area contributed by atoms with Crippen LogP contribution in [0, 0.1) is 5.92 Å². The lowest BCUT2D eigenvalue weighted by atomic mass is 9.80. The highest BCUT2D eigenvalue weighted by Crippen LogP contribution is 2.36. The molecule has 1 aliphatic heterocycles. The van der Waals surface area contributed by atoms with Crippen molar-refractivity contribution in [2.45, 2.75) is 44.6 Å². The molecule has 2 atom stereocenters. The van der Waals surface area contributed by atoms with Crippen LogP contribution >= 0.6 is 0 Å². The van der Waals surface area contributed by atoms with E-state index in [0.717, 1.165) is 24.5 Å². The SMILES string of the molecule is CC1CCOC1C(=O)c1ccc(C2CCC2)cc1. The maximum absolute atomic E-state index is 12.3. The van der Waals surface area contributed by atoms with Crippen molar-refractivity contribution in [1.29, 1.82) is 0 Å². The minimum atomic E-state index is -0.223. The van der Waals surface area contributed by atoms with Crippen LogP contribution in [0.1, 0.15) is 54.4 Å². The van der Waals surface area contributed by atoms with Gasteiger partial charge in [-0.15, -0.1) is 0 Å². The van der Waals surface area contributed by atoms with Crippen molar-refractivity contribution in [3.63, 3.8) is 0 Å². The van der Waals surface area contributed by atoms with Crippen LogP contribution in [0.25, 0.3) is 0 Å². The highest BCUT2D eigenvalue weighted by molar-refractivity contribution is 5.99. The monoisotopic (exact) mass is 244 g/mol. The molecule has 3 rings (SSSR count). The molecule has 1 saturated heterocycles. The third-order valence-electron chi connectivity index (χ3n) is 4.42. The minimum absolute atomic E-state index is 0.153. The predicted molar refractivity (Wildman–Crippen MR) is 70.9 cm³/mol. The molecule has 2 nitrogen and oxygen atoms in total. The van der Waals surface area contributed by atoms with Gasteiger partial charge in [0.25, 0.3) is 0 Å². The molecule has 2 fully saturated rings. The molecule has 18 heavy (non-hydrogen) atoms. The summed E-state index contributed by atoms with van der Waals surface area (Å²) in [5, 5.41) is 0. The second kappa shape index (κ2) is 4.85. The molecule has 0 bridgehead atoms. The van der Waals surface area contributed by atoms with E-state index in [4.69, 9.17) is 4.74 Å². The molecule has 0 aromatic heterocycles. The van der Waals surface area contributed by atoms with Crippen LogP contribution in [0.2, 0.25) is 0 Å². The topological polar surface area (TPSA) is 26.3 Å². The number of ether oxygens (including phenoxy) is 1. The summed E-state index contributed by atoms with van der Waals surface area (Å²) in [7, 11) is 0. The fourth-order valence-electron chi connectivity index (χ4n) is 2.86. The lowest BCUT2D eigenvalue weighted by molar-refractivity contribution is 0.0579. The maximum atomic E-state index is 12.3. The molecule has 0 spiro atoms. The summed E-state index contributed by atoms with van der Waals surface area (Å²) in [6.07, 6.45) is 4.72. The van der Waals surface area contributed by atoms with Gasteiger partial charge in [-0.1, -0.05) is 37.6 Å². The Bertz CT molecular complexity index is 431. The van der Waals surface area contributed by atoms with Crippen LogP contribution in [0.3, 0.4) is 0 Å². The molecular weight excluding hydrogens is 224 g/mol. The molecule has 1 aliphatic carbocycles. The molecule has 1 saturated carbocycles. The van der Waals surface area contributed by atoms with Crippen molar-refractivity contribution in [3.8, 4) is 0 Å². The first-order valence-electron chi connectivity index (χ1n) is 7.01. The number of rotatable bonds is 3. The van der Waals surface area contributed by atoms with Gasteiger partial charge in [0.05, 0.1) is 0 Å². The number of carbonyl (C=O) groups is 1. The van der Waals surface area contributed by atoms with Gasteiger partial charge in [0, 0.05) is 12.2 Å². The molecule has 2 unspecified atom stereocenters. The fraction of sp³-hybridized carbons (Fsp3) is 0.562. The minimum Gasteiger partial charge on any atom is -0.370 e. The Morgan fingerprint density at radius 1 is 1.17 bits per heavy atom. The Labute approximate surface area is 108 Å². The zero-order chi connectivity index (χ0) is 12.5. The zero-order valence-corrected chi connectivity index (χ0v) is 10.9. The normalized spacial score (nSPS) is 28.1. The maximum Gasteiger partial charge on any atom is 0.191 e. The Hall–Kier alpha value is -1.15. The fourth-order valence-corrected chi connectivity index (χ4v) is 2.86. The number of hydrogen-bond donors (Lipinski definition) is 0. The largest absolute Gasteiger partial charge is 0.370 e. The van der Waals surface area contributed by atoms with Crippen LogP contribution in [0.4, 0.5) is 0 Å². The van der Waals surface area contributed by atoms with Crippen LogP contribution in [0.5, 0.6) is 0 Å². The predicted octanol–water partition coefficient (Wildman–Crippen LogP) is 3.56. The Balaban J connectivity index is 1.73.